The Balaban J connectivity index is 2.70. The average Bonchev–Trinajstić information content (AvgIpc) is 2.36. The van der Waals surface area contributed by atoms with Crippen LogP contribution in [0.5, 0.6) is 11.5 Å². The zero-order valence-electron chi connectivity index (χ0n) is 10.0. The summed E-state index contributed by atoms with van der Waals surface area (Å²) in [5, 5.41) is 11.6. The second kappa shape index (κ2) is 6.75. The normalized spacial score (nSPS) is 9.82. The minimum Gasteiger partial charge on any atom is -0.493 e. The Hall–Kier alpha value is -1.75. The Kier molecular flexibility index (Phi) is 5.29. The highest BCUT2D eigenvalue weighted by Gasteiger charge is 2.07. The first kappa shape index (κ1) is 13.3. The maximum Gasteiger partial charge on any atom is 0.257 e. The summed E-state index contributed by atoms with van der Waals surface area (Å²) in [4.78, 5) is 11.2. The highest BCUT2D eigenvalue weighted by molar-refractivity contribution is 5.77. The summed E-state index contributed by atoms with van der Waals surface area (Å²) in [5.41, 5.74) is 0.705. The van der Waals surface area contributed by atoms with E-state index in [4.69, 9.17) is 14.6 Å². The molecule has 0 saturated carbocycles. The Labute approximate surface area is 100 Å². The molecule has 0 aliphatic rings. The van der Waals surface area contributed by atoms with Crippen LogP contribution in [0.15, 0.2) is 18.2 Å². The quantitative estimate of drug-likeness (QED) is 0.767. The number of ether oxygens (including phenoxy) is 2. The Bertz CT molecular complexity index is 379. The molecule has 5 heteroatoms. The number of nitrogens with one attached hydrogen (secondary N) is 1. The molecule has 17 heavy (non-hydrogen) atoms. The molecular formula is C12H17NO4. The maximum absolute atomic E-state index is 11.2. The minimum absolute atomic E-state index is 0.0704. The third-order valence-electron chi connectivity index (χ3n) is 2.14. The van der Waals surface area contributed by atoms with Crippen molar-refractivity contribution in [2.75, 3.05) is 20.3 Å². The number of aliphatic hydroxyl groups excluding tert-OH is 1. The molecule has 0 aliphatic carbocycles. The van der Waals surface area contributed by atoms with E-state index < -0.39 is 0 Å². The summed E-state index contributed by atoms with van der Waals surface area (Å²) in [5.74, 6) is 0.792. The van der Waals surface area contributed by atoms with Crippen molar-refractivity contribution in [3.63, 3.8) is 0 Å². The zero-order valence-corrected chi connectivity index (χ0v) is 10.0. The summed E-state index contributed by atoms with van der Waals surface area (Å²) in [7, 11) is 1.52. The van der Waals surface area contributed by atoms with Crippen molar-refractivity contribution in [1.29, 1.82) is 0 Å². The first-order valence-electron chi connectivity index (χ1n) is 5.38. The summed E-state index contributed by atoms with van der Waals surface area (Å²) >= 11 is 0. The van der Waals surface area contributed by atoms with E-state index in [2.05, 4.69) is 5.32 Å². The van der Waals surface area contributed by atoms with Crippen molar-refractivity contribution in [3.05, 3.63) is 23.8 Å². The van der Waals surface area contributed by atoms with Crippen LogP contribution in [0.1, 0.15) is 12.5 Å². The van der Waals surface area contributed by atoms with Gasteiger partial charge in [0.1, 0.15) is 0 Å². The fourth-order valence-corrected chi connectivity index (χ4v) is 1.32. The van der Waals surface area contributed by atoms with Crippen molar-refractivity contribution in [1.82, 2.24) is 5.32 Å². The highest BCUT2D eigenvalue weighted by atomic mass is 16.5. The molecule has 1 aromatic rings. The molecule has 0 radical (unpaired) electrons. The third-order valence-corrected chi connectivity index (χ3v) is 2.14. The van der Waals surface area contributed by atoms with Crippen LogP contribution in [0.2, 0.25) is 0 Å². The molecule has 0 spiro atoms. The van der Waals surface area contributed by atoms with Gasteiger partial charge in [0, 0.05) is 6.54 Å². The van der Waals surface area contributed by atoms with E-state index in [1.54, 1.807) is 18.2 Å². The van der Waals surface area contributed by atoms with Crippen molar-refractivity contribution in [2.45, 2.75) is 13.5 Å². The van der Waals surface area contributed by atoms with Crippen LogP contribution >= 0.6 is 0 Å². The van der Waals surface area contributed by atoms with Gasteiger partial charge in [0.2, 0.25) is 0 Å². The lowest BCUT2D eigenvalue weighted by Gasteiger charge is -2.11. The number of methoxy groups -OCH3 is 1. The SMILES string of the molecule is CCNC(=O)COc1cc(CO)ccc1OC. The van der Waals surface area contributed by atoms with Crippen molar-refractivity contribution in [3.8, 4) is 11.5 Å². The molecule has 1 amide bonds. The summed E-state index contributed by atoms with van der Waals surface area (Å²) in [6.45, 7) is 2.25. The van der Waals surface area contributed by atoms with Gasteiger partial charge < -0.3 is 19.9 Å². The molecule has 0 aliphatic heterocycles. The van der Waals surface area contributed by atoms with Crippen LogP contribution in [0.3, 0.4) is 0 Å². The lowest BCUT2D eigenvalue weighted by atomic mass is 10.2. The highest BCUT2D eigenvalue weighted by Crippen LogP contribution is 2.27. The smallest absolute Gasteiger partial charge is 0.257 e. The molecule has 0 fully saturated rings. The number of hydrogen-bond acceptors (Lipinski definition) is 4. The van der Waals surface area contributed by atoms with Gasteiger partial charge in [-0.2, -0.15) is 0 Å². The molecule has 0 heterocycles. The van der Waals surface area contributed by atoms with Gasteiger partial charge >= 0.3 is 0 Å². The van der Waals surface area contributed by atoms with Gasteiger partial charge in [-0.25, -0.2) is 0 Å². The average molecular weight is 239 g/mol. The Morgan fingerprint density at radius 2 is 2.18 bits per heavy atom. The van der Waals surface area contributed by atoms with Crippen LogP contribution in [0.4, 0.5) is 0 Å². The van der Waals surface area contributed by atoms with Gasteiger partial charge in [0.05, 0.1) is 13.7 Å². The molecule has 0 bridgehead atoms. The molecular weight excluding hydrogens is 222 g/mol. The molecule has 5 nitrogen and oxygen atoms in total. The number of likely N-dealkylation sites (N-methyl/N-ethyl adjacent to an activating group) is 1. The van der Waals surface area contributed by atoms with Gasteiger partial charge in [-0.15, -0.1) is 0 Å². The van der Waals surface area contributed by atoms with E-state index >= 15 is 0 Å². The summed E-state index contributed by atoms with van der Waals surface area (Å²) in [6.07, 6.45) is 0. The van der Waals surface area contributed by atoms with Gasteiger partial charge in [0.25, 0.3) is 5.91 Å². The number of benzene rings is 1. The van der Waals surface area contributed by atoms with E-state index in [1.807, 2.05) is 6.92 Å². The van der Waals surface area contributed by atoms with E-state index in [9.17, 15) is 4.79 Å². The second-order valence-electron chi connectivity index (χ2n) is 3.39. The lowest BCUT2D eigenvalue weighted by molar-refractivity contribution is -0.123. The van der Waals surface area contributed by atoms with E-state index in [-0.39, 0.29) is 19.1 Å². The topological polar surface area (TPSA) is 67.8 Å². The lowest BCUT2D eigenvalue weighted by Crippen LogP contribution is -2.28. The standard InChI is InChI=1S/C12H17NO4/c1-3-13-12(15)8-17-11-6-9(7-14)4-5-10(11)16-2/h4-6,14H,3,7-8H2,1-2H3,(H,13,15). The first-order chi connectivity index (χ1) is 8.21. The van der Waals surface area contributed by atoms with Crippen LogP contribution < -0.4 is 14.8 Å². The van der Waals surface area contributed by atoms with Gasteiger partial charge in [-0.1, -0.05) is 6.07 Å². The van der Waals surface area contributed by atoms with Crippen LogP contribution in [-0.2, 0) is 11.4 Å². The first-order valence-corrected chi connectivity index (χ1v) is 5.38. The van der Waals surface area contributed by atoms with Crippen LogP contribution in [0.25, 0.3) is 0 Å². The molecule has 1 aromatic carbocycles. The van der Waals surface area contributed by atoms with E-state index in [0.717, 1.165) is 0 Å². The van der Waals surface area contributed by atoms with Crippen LogP contribution in [0, 0.1) is 0 Å². The van der Waals surface area contributed by atoms with Crippen molar-refractivity contribution < 1.29 is 19.4 Å². The number of carbonyl (C=O) groups excluding carboxylic acids is 1. The van der Waals surface area contributed by atoms with Crippen molar-refractivity contribution >= 4 is 5.91 Å². The van der Waals surface area contributed by atoms with E-state index in [0.29, 0.717) is 23.6 Å². The molecule has 1 rings (SSSR count). The number of carbonyl (C=O) groups is 1. The molecule has 0 saturated heterocycles. The Morgan fingerprint density at radius 1 is 1.41 bits per heavy atom. The molecule has 0 aromatic heterocycles. The summed E-state index contributed by atoms with van der Waals surface area (Å²) in [6, 6.07) is 5.08. The molecule has 0 unspecified atom stereocenters. The fourth-order valence-electron chi connectivity index (χ4n) is 1.32. The zero-order chi connectivity index (χ0) is 12.7. The minimum atomic E-state index is -0.191. The van der Waals surface area contributed by atoms with Gasteiger partial charge in [-0.05, 0) is 24.6 Å². The van der Waals surface area contributed by atoms with Gasteiger partial charge in [0.15, 0.2) is 18.1 Å². The van der Waals surface area contributed by atoms with Crippen molar-refractivity contribution in [2.24, 2.45) is 0 Å². The maximum atomic E-state index is 11.2. The monoisotopic (exact) mass is 239 g/mol. The fraction of sp³-hybridized carbons (Fsp3) is 0.417. The summed E-state index contributed by atoms with van der Waals surface area (Å²) < 4.78 is 10.4. The second-order valence-corrected chi connectivity index (χ2v) is 3.39. The predicted octanol–water partition coefficient (Wildman–Crippen LogP) is 0.702. The van der Waals surface area contributed by atoms with Crippen LogP contribution in [-0.4, -0.2) is 31.3 Å². The number of amides is 1. The number of hydrogen-bond donors (Lipinski definition) is 2. The number of rotatable bonds is 6. The molecule has 2 N–H and O–H groups in total. The molecule has 0 atom stereocenters. The predicted molar refractivity (Wildman–Crippen MR) is 63.1 cm³/mol. The van der Waals surface area contributed by atoms with E-state index in [1.165, 1.54) is 7.11 Å². The Morgan fingerprint density at radius 3 is 2.76 bits per heavy atom. The van der Waals surface area contributed by atoms with Gasteiger partial charge in [-0.3, -0.25) is 4.79 Å². The molecule has 94 valence electrons. The third kappa shape index (κ3) is 3.96. The largest absolute Gasteiger partial charge is 0.493 e. The number of aliphatic hydroxyl groups is 1.